The highest BCUT2D eigenvalue weighted by molar-refractivity contribution is 6.06. The monoisotopic (exact) mass is 512 g/mol. The number of amides is 2. The Morgan fingerprint density at radius 2 is 1.63 bits per heavy atom. The number of nitriles is 1. The molecule has 0 saturated heterocycles. The summed E-state index contributed by atoms with van der Waals surface area (Å²) in [5.41, 5.74) is 4.75. The highest BCUT2D eigenvalue weighted by atomic mass is 16.5. The minimum absolute atomic E-state index is 0.00630. The molecule has 3 aromatic rings. The number of methoxy groups -OCH3 is 1. The van der Waals surface area contributed by atoms with Crippen LogP contribution in [0.15, 0.2) is 48.7 Å². The third-order valence-corrected chi connectivity index (χ3v) is 6.11. The number of hydrogen-bond acceptors (Lipinski definition) is 5. The molecule has 198 valence electrons. The average molecular weight is 513 g/mol. The molecule has 2 N–H and O–H groups in total. The molecule has 0 aliphatic heterocycles. The molecule has 0 aliphatic carbocycles. The summed E-state index contributed by atoms with van der Waals surface area (Å²) in [5.74, 6) is -0.183. The molecule has 7 nitrogen and oxygen atoms in total. The molecule has 0 spiro atoms. The van der Waals surface area contributed by atoms with E-state index in [0.717, 1.165) is 22.4 Å². The van der Waals surface area contributed by atoms with E-state index in [1.165, 1.54) is 13.3 Å². The van der Waals surface area contributed by atoms with E-state index in [2.05, 4.69) is 42.5 Å². The molecule has 1 aromatic heterocycles. The van der Waals surface area contributed by atoms with Crippen LogP contribution in [0.25, 0.3) is 11.1 Å². The summed E-state index contributed by atoms with van der Waals surface area (Å²) < 4.78 is 5.46. The number of aryl methyl sites for hydroxylation is 1. The van der Waals surface area contributed by atoms with Crippen LogP contribution in [0.4, 0.5) is 5.69 Å². The third-order valence-electron chi connectivity index (χ3n) is 6.11. The second kappa shape index (κ2) is 11.1. The maximum Gasteiger partial charge on any atom is 0.257 e. The number of benzene rings is 2. The van der Waals surface area contributed by atoms with Crippen LogP contribution in [0.1, 0.15) is 79.1 Å². The Kier molecular flexibility index (Phi) is 8.26. The minimum atomic E-state index is -0.370. The van der Waals surface area contributed by atoms with E-state index in [9.17, 15) is 14.9 Å². The van der Waals surface area contributed by atoms with Gasteiger partial charge in [-0.3, -0.25) is 14.6 Å². The number of nitrogens with zero attached hydrogens (tertiary/aromatic N) is 2. The predicted octanol–water partition coefficient (Wildman–Crippen LogP) is 6.26. The van der Waals surface area contributed by atoms with Crippen LogP contribution < -0.4 is 15.4 Å². The highest BCUT2D eigenvalue weighted by Crippen LogP contribution is 2.35. The van der Waals surface area contributed by atoms with Gasteiger partial charge in [0.15, 0.2) is 5.75 Å². The van der Waals surface area contributed by atoms with E-state index in [1.54, 1.807) is 24.3 Å². The summed E-state index contributed by atoms with van der Waals surface area (Å²) in [7, 11) is 1.47. The van der Waals surface area contributed by atoms with Crippen LogP contribution in [0.5, 0.6) is 5.75 Å². The smallest absolute Gasteiger partial charge is 0.257 e. The minimum Gasteiger partial charge on any atom is -0.493 e. The molecular weight excluding hydrogens is 476 g/mol. The van der Waals surface area contributed by atoms with Crippen molar-refractivity contribution in [1.29, 1.82) is 5.26 Å². The van der Waals surface area contributed by atoms with E-state index in [0.29, 0.717) is 34.7 Å². The topological polar surface area (TPSA) is 104 Å². The van der Waals surface area contributed by atoms with Crippen LogP contribution in [0.2, 0.25) is 0 Å². The average Bonchev–Trinajstić information content (AvgIpc) is 2.86. The van der Waals surface area contributed by atoms with Gasteiger partial charge in [0.25, 0.3) is 11.8 Å². The largest absolute Gasteiger partial charge is 0.493 e. The quantitative estimate of drug-likeness (QED) is 0.405. The van der Waals surface area contributed by atoms with Crippen molar-refractivity contribution >= 4 is 17.5 Å². The summed E-state index contributed by atoms with van der Waals surface area (Å²) in [6, 6.07) is 14.8. The zero-order valence-corrected chi connectivity index (χ0v) is 23.4. The number of hydrogen-bond donors (Lipinski definition) is 2. The number of anilines is 1. The van der Waals surface area contributed by atoms with E-state index in [4.69, 9.17) is 4.74 Å². The second-order valence-corrected chi connectivity index (χ2v) is 11.6. The molecule has 0 fully saturated rings. The molecule has 0 unspecified atom stereocenters. The van der Waals surface area contributed by atoms with Gasteiger partial charge in [-0.05, 0) is 59.2 Å². The number of carbonyl (C=O) groups excluding carboxylic acids is 2. The van der Waals surface area contributed by atoms with Crippen molar-refractivity contribution in [2.24, 2.45) is 5.41 Å². The molecule has 0 aliphatic rings. The molecule has 0 radical (unpaired) electrons. The number of rotatable bonds is 6. The van der Waals surface area contributed by atoms with E-state index < -0.39 is 0 Å². The summed E-state index contributed by atoms with van der Waals surface area (Å²) in [6.07, 6.45) is 1.52. The summed E-state index contributed by atoms with van der Waals surface area (Å²) in [5, 5.41) is 15.5. The Morgan fingerprint density at radius 1 is 0.974 bits per heavy atom. The van der Waals surface area contributed by atoms with Crippen molar-refractivity contribution < 1.29 is 14.3 Å². The van der Waals surface area contributed by atoms with Crippen LogP contribution >= 0.6 is 0 Å². The zero-order chi connectivity index (χ0) is 28.3. The lowest BCUT2D eigenvalue weighted by molar-refractivity contribution is 0.0938. The van der Waals surface area contributed by atoms with Crippen LogP contribution in [-0.4, -0.2) is 30.5 Å². The first kappa shape index (κ1) is 28.4. The van der Waals surface area contributed by atoms with Crippen molar-refractivity contribution in [3.05, 3.63) is 76.6 Å². The van der Waals surface area contributed by atoms with Gasteiger partial charge < -0.3 is 15.4 Å². The molecular formula is C31H36N4O3. The van der Waals surface area contributed by atoms with Crippen molar-refractivity contribution in [2.45, 2.75) is 53.9 Å². The predicted molar refractivity (Wildman–Crippen MR) is 151 cm³/mol. The Morgan fingerprint density at radius 3 is 2.18 bits per heavy atom. The Bertz CT molecular complexity index is 1390. The standard InChI is InChI=1S/C31H36N4O3/c1-19-25(20-9-11-21(12-10-20)28(36)34-18-30(2,3)4)14-23(17-33-19)29(37)35-26-15-24(31(5,6)7)13-22(16-32)27(26)38-8/h9-15,17H,18H2,1-8H3,(H,34,36)(H,35,37). The van der Waals surface area contributed by atoms with Gasteiger partial charge in [-0.2, -0.15) is 5.26 Å². The van der Waals surface area contributed by atoms with Gasteiger partial charge in [0.1, 0.15) is 6.07 Å². The molecule has 1 heterocycles. The van der Waals surface area contributed by atoms with Gasteiger partial charge in [-0.25, -0.2) is 0 Å². The van der Waals surface area contributed by atoms with Crippen molar-refractivity contribution in [3.8, 4) is 22.9 Å². The van der Waals surface area contributed by atoms with E-state index in [1.807, 2.05) is 45.9 Å². The van der Waals surface area contributed by atoms with E-state index >= 15 is 0 Å². The number of nitrogens with one attached hydrogen (secondary N) is 2. The molecule has 0 atom stereocenters. The molecule has 7 heteroatoms. The first-order valence-corrected chi connectivity index (χ1v) is 12.5. The van der Waals surface area contributed by atoms with Gasteiger partial charge in [-0.15, -0.1) is 0 Å². The number of aromatic nitrogens is 1. The lowest BCUT2D eigenvalue weighted by atomic mass is 9.85. The lowest BCUT2D eigenvalue weighted by Gasteiger charge is -2.22. The second-order valence-electron chi connectivity index (χ2n) is 11.6. The molecule has 38 heavy (non-hydrogen) atoms. The van der Waals surface area contributed by atoms with Crippen molar-refractivity contribution in [1.82, 2.24) is 10.3 Å². The fraction of sp³-hybridized carbons (Fsp3) is 0.355. The SMILES string of the molecule is COc1c(C#N)cc(C(C)(C)C)cc1NC(=O)c1cnc(C)c(-c2ccc(C(=O)NCC(C)(C)C)cc2)c1. The highest BCUT2D eigenvalue weighted by Gasteiger charge is 2.21. The third kappa shape index (κ3) is 6.77. The van der Waals surface area contributed by atoms with Gasteiger partial charge in [0.05, 0.1) is 23.9 Å². The molecule has 2 amide bonds. The summed E-state index contributed by atoms with van der Waals surface area (Å²) >= 11 is 0. The van der Waals surface area contributed by atoms with Crippen molar-refractivity contribution in [3.63, 3.8) is 0 Å². The first-order chi connectivity index (χ1) is 17.7. The summed E-state index contributed by atoms with van der Waals surface area (Å²) in [6.45, 7) is 14.8. The van der Waals surface area contributed by atoms with Crippen LogP contribution in [0, 0.1) is 23.7 Å². The molecule has 0 saturated carbocycles. The molecule has 2 aromatic carbocycles. The van der Waals surface area contributed by atoms with Gasteiger partial charge in [0, 0.05) is 29.6 Å². The van der Waals surface area contributed by atoms with Gasteiger partial charge in [-0.1, -0.05) is 53.7 Å². The fourth-order valence-electron chi connectivity index (χ4n) is 3.85. The Balaban J connectivity index is 1.89. The Hall–Kier alpha value is -4.18. The first-order valence-electron chi connectivity index (χ1n) is 12.5. The number of carbonyl (C=O) groups is 2. The fourth-order valence-corrected chi connectivity index (χ4v) is 3.85. The Labute approximate surface area is 225 Å². The van der Waals surface area contributed by atoms with Gasteiger partial charge in [0.2, 0.25) is 0 Å². The maximum atomic E-state index is 13.3. The van der Waals surface area contributed by atoms with Crippen LogP contribution in [-0.2, 0) is 5.41 Å². The zero-order valence-electron chi connectivity index (χ0n) is 23.4. The lowest BCUT2D eigenvalue weighted by Crippen LogP contribution is -2.32. The number of ether oxygens (including phenoxy) is 1. The summed E-state index contributed by atoms with van der Waals surface area (Å²) in [4.78, 5) is 30.2. The molecule has 0 bridgehead atoms. The van der Waals surface area contributed by atoms with Gasteiger partial charge >= 0.3 is 0 Å². The maximum absolute atomic E-state index is 13.3. The van der Waals surface area contributed by atoms with E-state index in [-0.39, 0.29) is 22.6 Å². The van der Waals surface area contributed by atoms with Crippen LogP contribution in [0.3, 0.4) is 0 Å². The van der Waals surface area contributed by atoms with Crippen molar-refractivity contribution in [2.75, 3.05) is 19.0 Å². The number of pyridine rings is 1. The molecule has 3 rings (SSSR count). The normalized spacial score (nSPS) is 11.4.